The average molecular weight is 514 g/mol. The van der Waals surface area contributed by atoms with Crippen molar-refractivity contribution in [1.29, 1.82) is 0 Å². The molecule has 0 fully saturated rings. The van der Waals surface area contributed by atoms with E-state index < -0.39 is 0 Å². The molecule has 0 saturated carbocycles. The molecular formula is C21H35IN6O. The molecule has 0 radical (unpaired) electrons. The Morgan fingerprint density at radius 3 is 2.38 bits per heavy atom. The molecule has 0 aliphatic heterocycles. The highest BCUT2D eigenvalue weighted by Gasteiger charge is 2.17. The second kappa shape index (κ2) is 12.0. The molecule has 1 unspecified atom stereocenters. The zero-order valence-electron chi connectivity index (χ0n) is 18.6. The largest absolute Gasteiger partial charge is 0.492 e. The predicted molar refractivity (Wildman–Crippen MR) is 130 cm³/mol. The van der Waals surface area contributed by atoms with E-state index in [-0.39, 0.29) is 30.0 Å². The molecule has 0 aliphatic rings. The number of hydrogen-bond acceptors (Lipinski definition) is 4. The van der Waals surface area contributed by atoms with Gasteiger partial charge in [0.05, 0.1) is 18.8 Å². The van der Waals surface area contributed by atoms with Crippen LogP contribution in [0, 0.1) is 13.8 Å². The van der Waals surface area contributed by atoms with Crippen molar-refractivity contribution in [2.24, 2.45) is 12.0 Å². The number of ether oxygens (including phenoxy) is 1. The van der Waals surface area contributed by atoms with Crippen LogP contribution in [0.2, 0.25) is 0 Å². The summed E-state index contributed by atoms with van der Waals surface area (Å²) in [6.45, 7) is 6.25. The Morgan fingerprint density at radius 1 is 1.21 bits per heavy atom. The molecule has 1 aromatic carbocycles. The highest BCUT2D eigenvalue weighted by molar-refractivity contribution is 14.0. The number of halogens is 1. The van der Waals surface area contributed by atoms with E-state index in [4.69, 9.17) is 4.74 Å². The fourth-order valence-electron chi connectivity index (χ4n) is 3.21. The topological polar surface area (TPSA) is 57.9 Å². The molecule has 0 bridgehead atoms. The molecule has 0 aliphatic carbocycles. The van der Waals surface area contributed by atoms with Gasteiger partial charge >= 0.3 is 0 Å². The molecule has 1 aromatic heterocycles. The van der Waals surface area contributed by atoms with Gasteiger partial charge in [-0.05, 0) is 51.2 Å². The summed E-state index contributed by atoms with van der Waals surface area (Å²) in [6.07, 6.45) is 3.97. The Balaban J connectivity index is 0.00000420. The lowest BCUT2D eigenvalue weighted by atomic mass is 10.1. The van der Waals surface area contributed by atoms with Crippen molar-refractivity contribution in [3.63, 3.8) is 0 Å². The number of aromatic nitrogens is 2. The molecule has 2 aromatic rings. The predicted octanol–water partition coefficient (Wildman–Crippen LogP) is 2.84. The summed E-state index contributed by atoms with van der Waals surface area (Å²) in [5.74, 6) is 1.76. The molecular weight excluding hydrogens is 479 g/mol. The first-order valence-electron chi connectivity index (χ1n) is 9.58. The first kappa shape index (κ1) is 25.2. The first-order valence-corrected chi connectivity index (χ1v) is 9.58. The van der Waals surface area contributed by atoms with Gasteiger partial charge in [0.15, 0.2) is 5.96 Å². The molecule has 1 heterocycles. The normalized spacial score (nSPS) is 12.5. The van der Waals surface area contributed by atoms with E-state index in [1.54, 1.807) is 7.05 Å². The van der Waals surface area contributed by atoms with E-state index in [0.29, 0.717) is 6.61 Å². The number of nitrogens with zero attached hydrogens (tertiary/aromatic N) is 5. The van der Waals surface area contributed by atoms with Gasteiger partial charge in [-0.2, -0.15) is 5.10 Å². The molecule has 8 heteroatoms. The van der Waals surface area contributed by atoms with Crippen molar-refractivity contribution >= 4 is 29.9 Å². The van der Waals surface area contributed by atoms with Gasteiger partial charge in [-0.1, -0.05) is 6.07 Å². The highest BCUT2D eigenvalue weighted by atomic mass is 127. The third-order valence-corrected chi connectivity index (χ3v) is 4.65. The SMILES string of the molecule is CN=C(NCC(c1cnn(C)c1)N(C)C)N(C)CCOc1cc(C)cc(C)c1.I. The zero-order valence-corrected chi connectivity index (χ0v) is 21.0. The van der Waals surface area contributed by atoms with Crippen molar-refractivity contribution < 1.29 is 4.74 Å². The Kier molecular flexibility index (Phi) is 10.5. The van der Waals surface area contributed by atoms with Crippen LogP contribution in [0.4, 0.5) is 0 Å². The number of aryl methyl sites for hydroxylation is 3. The third kappa shape index (κ3) is 7.85. The molecule has 1 N–H and O–H groups in total. The highest BCUT2D eigenvalue weighted by Crippen LogP contribution is 2.17. The Bertz CT molecular complexity index is 769. The van der Waals surface area contributed by atoms with E-state index >= 15 is 0 Å². The number of guanidine groups is 1. The van der Waals surface area contributed by atoms with Crippen molar-refractivity contribution in [3.05, 3.63) is 47.3 Å². The number of likely N-dealkylation sites (N-methyl/N-ethyl adjacent to an activating group) is 2. The lowest BCUT2D eigenvalue weighted by molar-refractivity contribution is 0.275. The number of nitrogens with one attached hydrogen (secondary N) is 1. The molecule has 7 nitrogen and oxygen atoms in total. The summed E-state index contributed by atoms with van der Waals surface area (Å²) in [5, 5.41) is 7.76. The lowest BCUT2D eigenvalue weighted by Crippen LogP contribution is -2.44. The summed E-state index contributed by atoms with van der Waals surface area (Å²) in [7, 11) is 9.91. The Hall–Kier alpha value is -1.81. The standard InChI is InChI=1S/C21H34N6O.HI/c1-16-10-17(2)12-19(11-16)28-9-8-26(6)21(22-3)23-14-20(25(4)5)18-13-24-27(7)15-18;/h10-13,15,20H,8-9,14H2,1-7H3,(H,22,23);1H. The zero-order chi connectivity index (χ0) is 20.7. The van der Waals surface area contributed by atoms with E-state index in [1.807, 2.05) is 25.0 Å². The second-order valence-corrected chi connectivity index (χ2v) is 7.45. The fourth-order valence-corrected chi connectivity index (χ4v) is 3.21. The van der Waals surface area contributed by atoms with E-state index in [9.17, 15) is 0 Å². The van der Waals surface area contributed by atoms with Gasteiger partial charge in [0.1, 0.15) is 12.4 Å². The van der Waals surface area contributed by atoms with Crippen molar-refractivity contribution in [2.75, 3.05) is 47.9 Å². The van der Waals surface area contributed by atoms with Gasteiger partial charge in [-0.3, -0.25) is 9.67 Å². The van der Waals surface area contributed by atoms with Crippen LogP contribution < -0.4 is 10.1 Å². The van der Waals surface area contributed by atoms with E-state index in [1.165, 1.54) is 16.7 Å². The number of hydrogen-bond donors (Lipinski definition) is 1. The smallest absolute Gasteiger partial charge is 0.193 e. The van der Waals surface area contributed by atoms with Gasteiger partial charge in [0.25, 0.3) is 0 Å². The van der Waals surface area contributed by atoms with Crippen LogP contribution in [0.3, 0.4) is 0 Å². The van der Waals surface area contributed by atoms with Gasteiger partial charge in [0, 0.05) is 39.4 Å². The Labute approximate surface area is 192 Å². The minimum absolute atomic E-state index is 0. The minimum Gasteiger partial charge on any atom is -0.492 e. The summed E-state index contributed by atoms with van der Waals surface area (Å²) >= 11 is 0. The third-order valence-electron chi connectivity index (χ3n) is 4.65. The van der Waals surface area contributed by atoms with Gasteiger partial charge < -0.3 is 19.9 Å². The quantitative estimate of drug-likeness (QED) is 0.334. The maximum absolute atomic E-state index is 5.93. The maximum Gasteiger partial charge on any atom is 0.193 e. The minimum atomic E-state index is 0. The van der Waals surface area contributed by atoms with Crippen LogP contribution >= 0.6 is 24.0 Å². The number of aliphatic imine (C=N–C) groups is 1. The molecule has 1 atom stereocenters. The molecule has 0 saturated heterocycles. The van der Waals surface area contributed by atoms with Gasteiger partial charge in [-0.15, -0.1) is 24.0 Å². The Morgan fingerprint density at radius 2 is 1.86 bits per heavy atom. The average Bonchev–Trinajstić information content (AvgIpc) is 3.03. The molecule has 29 heavy (non-hydrogen) atoms. The fraction of sp³-hybridized carbons (Fsp3) is 0.524. The van der Waals surface area contributed by atoms with Crippen molar-refractivity contribution in [3.8, 4) is 5.75 Å². The van der Waals surface area contributed by atoms with Crippen molar-refractivity contribution in [1.82, 2.24) is 24.9 Å². The number of benzene rings is 1. The van der Waals surface area contributed by atoms with Crippen LogP contribution in [0.1, 0.15) is 22.7 Å². The summed E-state index contributed by atoms with van der Waals surface area (Å²) in [6, 6.07) is 6.49. The van der Waals surface area contributed by atoms with E-state index in [2.05, 4.69) is 77.5 Å². The molecule has 162 valence electrons. The summed E-state index contributed by atoms with van der Waals surface area (Å²) in [4.78, 5) is 8.67. The molecule has 0 amide bonds. The molecule has 0 spiro atoms. The van der Waals surface area contributed by atoms with Gasteiger partial charge in [0.2, 0.25) is 0 Å². The second-order valence-electron chi connectivity index (χ2n) is 7.45. The lowest BCUT2D eigenvalue weighted by Gasteiger charge is -2.27. The van der Waals surface area contributed by atoms with Crippen LogP contribution in [0.5, 0.6) is 5.75 Å². The van der Waals surface area contributed by atoms with Crippen molar-refractivity contribution in [2.45, 2.75) is 19.9 Å². The monoisotopic (exact) mass is 514 g/mol. The van der Waals surface area contributed by atoms with E-state index in [0.717, 1.165) is 24.8 Å². The van der Waals surface area contributed by atoms with Crippen LogP contribution in [0.15, 0.2) is 35.6 Å². The van der Waals surface area contributed by atoms with Gasteiger partial charge in [-0.25, -0.2) is 0 Å². The maximum atomic E-state index is 5.93. The molecule has 2 rings (SSSR count). The summed E-state index contributed by atoms with van der Waals surface area (Å²) < 4.78 is 7.76. The van der Waals surface area contributed by atoms with Crippen LogP contribution in [0.25, 0.3) is 0 Å². The summed E-state index contributed by atoms with van der Waals surface area (Å²) in [5.41, 5.74) is 3.60. The van der Waals surface area contributed by atoms with Crippen LogP contribution in [-0.2, 0) is 7.05 Å². The first-order chi connectivity index (χ1) is 13.3. The number of rotatable bonds is 8. The van der Waals surface area contributed by atoms with Crippen LogP contribution in [-0.4, -0.2) is 73.4 Å².